The number of nitrogens with one attached hydrogen (secondary N) is 1. The average molecular weight is 241 g/mol. The van der Waals surface area contributed by atoms with E-state index in [1.165, 1.54) is 6.42 Å². The fourth-order valence-electron chi connectivity index (χ4n) is 2.48. The van der Waals surface area contributed by atoms with E-state index in [1.807, 2.05) is 0 Å². The number of hydrogen-bond acceptors (Lipinski definition) is 3. The summed E-state index contributed by atoms with van der Waals surface area (Å²) in [5.74, 6) is 0.517. The highest BCUT2D eigenvalue weighted by molar-refractivity contribution is 5.79. The van der Waals surface area contributed by atoms with Gasteiger partial charge in [-0.15, -0.1) is 0 Å². The molecule has 0 spiro atoms. The Bertz CT molecular complexity index is 260. The predicted molar refractivity (Wildman–Crippen MR) is 70.7 cm³/mol. The number of nitrogens with two attached hydrogens (primary N) is 1. The quantitative estimate of drug-likeness (QED) is 0.749. The molecule has 1 saturated heterocycles. The van der Waals surface area contributed by atoms with Crippen molar-refractivity contribution in [3.63, 3.8) is 0 Å². The Morgan fingerprint density at radius 1 is 1.53 bits per heavy atom. The highest BCUT2D eigenvalue weighted by Gasteiger charge is 2.31. The molecule has 1 rings (SSSR count). The summed E-state index contributed by atoms with van der Waals surface area (Å²) < 4.78 is 0. The van der Waals surface area contributed by atoms with E-state index in [0.29, 0.717) is 5.41 Å². The van der Waals surface area contributed by atoms with E-state index < -0.39 is 0 Å². The summed E-state index contributed by atoms with van der Waals surface area (Å²) in [7, 11) is 1.79. The zero-order valence-electron chi connectivity index (χ0n) is 11.6. The van der Waals surface area contributed by atoms with E-state index in [9.17, 15) is 4.79 Å². The maximum atomic E-state index is 11.1. The van der Waals surface area contributed by atoms with Crippen LogP contribution in [-0.4, -0.2) is 43.5 Å². The predicted octanol–water partition coefficient (Wildman–Crippen LogP) is 0.818. The Labute approximate surface area is 105 Å². The lowest BCUT2D eigenvalue weighted by Crippen LogP contribution is -2.41. The van der Waals surface area contributed by atoms with Crippen LogP contribution in [0.15, 0.2) is 0 Å². The molecule has 1 amide bonds. The molecule has 0 aromatic carbocycles. The molecule has 4 nitrogen and oxygen atoms in total. The second-order valence-electron chi connectivity index (χ2n) is 6.18. The third kappa shape index (κ3) is 4.28. The van der Waals surface area contributed by atoms with Crippen molar-refractivity contribution in [3.8, 4) is 0 Å². The van der Waals surface area contributed by atoms with Gasteiger partial charge in [-0.05, 0) is 37.8 Å². The van der Waals surface area contributed by atoms with Crippen LogP contribution in [0.1, 0.15) is 33.6 Å². The third-order valence-electron chi connectivity index (χ3n) is 3.92. The fourth-order valence-corrected chi connectivity index (χ4v) is 2.48. The normalized spacial score (nSPS) is 23.9. The summed E-state index contributed by atoms with van der Waals surface area (Å²) in [4.78, 5) is 13.5. The van der Waals surface area contributed by atoms with Crippen LogP contribution in [0.5, 0.6) is 0 Å². The van der Waals surface area contributed by atoms with Crippen molar-refractivity contribution in [2.75, 3.05) is 26.7 Å². The molecule has 0 aromatic heterocycles. The molecule has 2 atom stereocenters. The Kier molecular flexibility index (Phi) is 4.95. The van der Waals surface area contributed by atoms with Crippen LogP contribution in [0.2, 0.25) is 0 Å². The second kappa shape index (κ2) is 5.83. The van der Waals surface area contributed by atoms with Crippen LogP contribution in [0.3, 0.4) is 0 Å². The molecule has 2 unspecified atom stereocenters. The zero-order chi connectivity index (χ0) is 13.1. The van der Waals surface area contributed by atoms with Crippen molar-refractivity contribution >= 4 is 5.91 Å². The van der Waals surface area contributed by atoms with Crippen LogP contribution in [0.4, 0.5) is 0 Å². The molecule has 1 aliphatic rings. The molecule has 4 heteroatoms. The van der Waals surface area contributed by atoms with Crippen molar-refractivity contribution in [1.29, 1.82) is 0 Å². The Hall–Kier alpha value is -0.610. The number of primary amides is 1. The molecule has 3 N–H and O–H groups in total. The average Bonchev–Trinajstić information content (AvgIpc) is 2.66. The summed E-state index contributed by atoms with van der Waals surface area (Å²) in [6, 6.07) is -0.191. The molecule has 1 heterocycles. The Morgan fingerprint density at radius 2 is 2.18 bits per heavy atom. The minimum atomic E-state index is -0.251. The van der Waals surface area contributed by atoms with Gasteiger partial charge in [0.2, 0.25) is 5.91 Å². The SMILES string of the molecule is CNC(CCN1CCC(C(C)(C)C)C1)C(N)=O. The van der Waals surface area contributed by atoms with Crippen LogP contribution in [0.25, 0.3) is 0 Å². The van der Waals surface area contributed by atoms with Gasteiger partial charge in [-0.3, -0.25) is 4.79 Å². The molecular formula is C13H27N3O. The van der Waals surface area contributed by atoms with Gasteiger partial charge < -0.3 is 16.0 Å². The molecule has 1 aliphatic heterocycles. The van der Waals surface area contributed by atoms with Crippen LogP contribution < -0.4 is 11.1 Å². The highest BCUT2D eigenvalue weighted by atomic mass is 16.1. The van der Waals surface area contributed by atoms with Crippen molar-refractivity contribution < 1.29 is 4.79 Å². The number of likely N-dealkylation sites (N-methyl/N-ethyl adjacent to an activating group) is 1. The van der Waals surface area contributed by atoms with E-state index in [0.717, 1.165) is 32.0 Å². The summed E-state index contributed by atoms with van der Waals surface area (Å²) in [5.41, 5.74) is 5.70. The minimum Gasteiger partial charge on any atom is -0.368 e. The topological polar surface area (TPSA) is 58.4 Å². The molecule has 17 heavy (non-hydrogen) atoms. The number of carbonyl (C=O) groups is 1. The lowest BCUT2D eigenvalue weighted by Gasteiger charge is -2.27. The monoisotopic (exact) mass is 241 g/mol. The van der Waals surface area contributed by atoms with Gasteiger partial charge in [0.15, 0.2) is 0 Å². The molecule has 100 valence electrons. The van der Waals surface area contributed by atoms with Gasteiger partial charge in [-0.1, -0.05) is 20.8 Å². The first-order valence-corrected chi connectivity index (χ1v) is 6.53. The highest BCUT2D eigenvalue weighted by Crippen LogP contribution is 2.33. The number of likely N-dealkylation sites (tertiary alicyclic amines) is 1. The summed E-state index contributed by atoms with van der Waals surface area (Å²) in [5, 5.41) is 2.97. The van der Waals surface area contributed by atoms with Crippen molar-refractivity contribution in [3.05, 3.63) is 0 Å². The molecule has 0 radical (unpaired) electrons. The number of carbonyl (C=O) groups excluding carboxylic acids is 1. The van der Waals surface area contributed by atoms with E-state index >= 15 is 0 Å². The summed E-state index contributed by atoms with van der Waals surface area (Å²) in [6.07, 6.45) is 2.08. The van der Waals surface area contributed by atoms with E-state index in [4.69, 9.17) is 5.73 Å². The smallest absolute Gasteiger partial charge is 0.234 e. The third-order valence-corrected chi connectivity index (χ3v) is 3.92. The van der Waals surface area contributed by atoms with Crippen LogP contribution in [-0.2, 0) is 4.79 Å². The molecule has 0 bridgehead atoms. The summed E-state index contributed by atoms with van der Waals surface area (Å²) in [6.45, 7) is 10.2. The lowest BCUT2D eigenvalue weighted by atomic mass is 9.80. The molecule has 0 aliphatic carbocycles. The van der Waals surface area contributed by atoms with E-state index in [2.05, 4.69) is 31.0 Å². The van der Waals surface area contributed by atoms with E-state index in [-0.39, 0.29) is 11.9 Å². The number of amides is 1. The standard InChI is InChI=1S/C13H27N3O/c1-13(2,3)10-5-7-16(9-10)8-6-11(15-4)12(14)17/h10-11,15H,5-9H2,1-4H3,(H2,14,17). The molecule has 0 aromatic rings. The molecule has 1 fully saturated rings. The lowest BCUT2D eigenvalue weighted by molar-refractivity contribution is -0.120. The molecular weight excluding hydrogens is 214 g/mol. The number of rotatable bonds is 5. The second-order valence-corrected chi connectivity index (χ2v) is 6.18. The largest absolute Gasteiger partial charge is 0.368 e. The number of hydrogen-bond donors (Lipinski definition) is 2. The maximum absolute atomic E-state index is 11.1. The maximum Gasteiger partial charge on any atom is 0.234 e. The zero-order valence-corrected chi connectivity index (χ0v) is 11.6. The first-order valence-electron chi connectivity index (χ1n) is 6.53. The first-order chi connectivity index (χ1) is 7.84. The fraction of sp³-hybridized carbons (Fsp3) is 0.923. The summed E-state index contributed by atoms with van der Waals surface area (Å²) >= 11 is 0. The Balaban J connectivity index is 2.33. The van der Waals surface area contributed by atoms with Crippen molar-refractivity contribution in [1.82, 2.24) is 10.2 Å². The van der Waals surface area contributed by atoms with Gasteiger partial charge in [0.25, 0.3) is 0 Å². The van der Waals surface area contributed by atoms with Gasteiger partial charge in [0, 0.05) is 13.1 Å². The van der Waals surface area contributed by atoms with Crippen LogP contribution >= 0.6 is 0 Å². The van der Waals surface area contributed by atoms with Crippen molar-refractivity contribution in [2.24, 2.45) is 17.1 Å². The Morgan fingerprint density at radius 3 is 2.59 bits per heavy atom. The van der Waals surface area contributed by atoms with Gasteiger partial charge in [0.1, 0.15) is 0 Å². The van der Waals surface area contributed by atoms with Gasteiger partial charge >= 0.3 is 0 Å². The molecule has 0 saturated carbocycles. The minimum absolute atomic E-state index is 0.191. The van der Waals surface area contributed by atoms with Gasteiger partial charge in [0.05, 0.1) is 6.04 Å². The first kappa shape index (κ1) is 14.5. The van der Waals surface area contributed by atoms with Crippen LogP contribution in [0, 0.1) is 11.3 Å². The van der Waals surface area contributed by atoms with Gasteiger partial charge in [-0.2, -0.15) is 0 Å². The van der Waals surface area contributed by atoms with E-state index in [1.54, 1.807) is 7.05 Å². The number of nitrogens with zero attached hydrogens (tertiary/aromatic N) is 1. The van der Waals surface area contributed by atoms with Crippen molar-refractivity contribution in [2.45, 2.75) is 39.7 Å². The van der Waals surface area contributed by atoms with Gasteiger partial charge in [-0.25, -0.2) is 0 Å².